The molecule has 1 atom stereocenters. The molecule has 2 rings (SSSR count). The van der Waals surface area contributed by atoms with Crippen LogP contribution in [0.4, 0.5) is 10.5 Å². The summed E-state index contributed by atoms with van der Waals surface area (Å²) >= 11 is 0. The summed E-state index contributed by atoms with van der Waals surface area (Å²) in [5, 5.41) is 15.0. The van der Waals surface area contributed by atoms with Gasteiger partial charge >= 0.3 is 6.03 Å². The molecule has 0 saturated carbocycles. The van der Waals surface area contributed by atoms with Crippen molar-refractivity contribution in [2.24, 2.45) is 0 Å². The van der Waals surface area contributed by atoms with Crippen molar-refractivity contribution in [3.63, 3.8) is 0 Å². The van der Waals surface area contributed by atoms with Crippen molar-refractivity contribution >= 4 is 11.7 Å². The topological polar surface area (TPSA) is 61.4 Å². The van der Waals surface area contributed by atoms with E-state index in [2.05, 4.69) is 10.6 Å². The third-order valence-corrected chi connectivity index (χ3v) is 3.19. The predicted molar refractivity (Wildman–Crippen MR) is 84.1 cm³/mol. The Morgan fingerprint density at radius 3 is 2.52 bits per heavy atom. The summed E-state index contributed by atoms with van der Waals surface area (Å²) in [4.78, 5) is 11.8. The molecule has 2 aromatic carbocycles. The number of aryl methyl sites for hydroxylation is 1. The lowest BCUT2D eigenvalue weighted by atomic mass is 10.1. The van der Waals surface area contributed by atoms with Crippen molar-refractivity contribution in [1.82, 2.24) is 5.32 Å². The van der Waals surface area contributed by atoms with Crippen molar-refractivity contribution in [3.8, 4) is 0 Å². The van der Waals surface area contributed by atoms with Crippen LogP contribution in [0.2, 0.25) is 0 Å². The Kier molecular flexibility index (Phi) is 4.95. The van der Waals surface area contributed by atoms with Crippen LogP contribution in [0.15, 0.2) is 48.5 Å². The van der Waals surface area contributed by atoms with Crippen LogP contribution in [0.25, 0.3) is 0 Å². The van der Waals surface area contributed by atoms with E-state index in [-0.39, 0.29) is 6.03 Å². The zero-order valence-corrected chi connectivity index (χ0v) is 12.3. The fraction of sp³-hybridized carbons (Fsp3) is 0.235. The van der Waals surface area contributed by atoms with E-state index in [0.717, 1.165) is 11.1 Å². The molecule has 0 bridgehead atoms. The van der Waals surface area contributed by atoms with Gasteiger partial charge in [-0.3, -0.25) is 0 Å². The quantitative estimate of drug-likeness (QED) is 0.806. The van der Waals surface area contributed by atoms with Crippen LogP contribution in [-0.4, -0.2) is 11.1 Å². The first-order valence-electron chi connectivity index (χ1n) is 6.93. The summed E-state index contributed by atoms with van der Waals surface area (Å²) < 4.78 is 0. The molecule has 110 valence electrons. The van der Waals surface area contributed by atoms with Crippen molar-refractivity contribution in [2.45, 2.75) is 26.5 Å². The first kappa shape index (κ1) is 15.1. The molecule has 0 aliphatic rings. The van der Waals surface area contributed by atoms with Crippen LogP contribution >= 0.6 is 0 Å². The minimum atomic E-state index is -0.505. The lowest BCUT2D eigenvalue weighted by Gasteiger charge is -2.09. The molecule has 2 aromatic rings. The maximum absolute atomic E-state index is 11.8. The Labute approximate surface area is 124 Å². The number of aliphatic hydroxyl groups is 1. The minimum Gasteiger partial charge on any atom is -0.389 e. The standard InChI is InChI=1S/C17H20N2O2/c1-12-4-3-5-14(10-12)11-18-17(21)19-16-8-6-15(7-9-16)13(2)20/h3-10,13,20H,11H2,1-2H3,(H2,18,19,21). The molecule has 0 fully saturated rings. The summed E-state index contributed by atoms with van der Waals surface area (Å²) in [6.45, 7) is 4.21. The van der Waals surface area contributed by atoms with Crippen molar-refractivity contribution in [1.29, 1.82) is 0 Å². The highest BCUT2D eigenvalue weighted by Crippen LogP contribution is 2.15. The highest BCUT2D eigenvalue weighted by molar-refractivity contribution is 5.89. The van der Waals surface area contributed by atoms with E-state index < -0.39 is 6.10 Å². The maximum atomic E-state index is 11.8. The number of nitrogens with one attached hydrogen (secondary N) is 2. The zero-order chi connectivity index (χ0) is 15.2. The SMILES string of the molecule is Cc1cccc(CNC(=O)Nc2ccc(C(C)O)cc2)c1. The molecule has 0 radical (unpaired) electrons. The smallest absolute Gasteiger partial charge is 0.319 e. The van der Waals surface area contributed by atoms with Gasteiger partial charge in [-0.2, -0.15) is 0 Å². The monoisotopic (exact) mass is 284 g/mol. The maximum Gasteiger partial charge on any atom is 0.319 e. The molecule has 4 nitrogen and oxygen atoms in total. The summed E-state index contributed by atoms with van der Waals surface area (Å²) in [5.74, 6) is 0. The minimum absolute atomic E-state index is 0.249. The predicted octanol–water partition coefficient (Wildman–Crippen LogP) is 3.37. The number of urea groups is 1. The number of carbonyl (C=O) groups excluding carboxylic acids is 1. The highest BCUT2D eigenvalue weighted by Gasteiger charge is 2.04. The van der Waals surface area contributed by atoms with Gasteiger partial charge in [0.25, 0.3) is 0 Å². The van der Waals surface area contributed by atoms with E-state index >= 15 is 0 Å². The molecule has 0 aliphatic heterocycles. The van der Waals surface area contributed by atoms with Gasteiger partial charge in [0.1, 0.15) is 0 Å². The van der Waals surface area contributed by atoms with Gasteiger partial charge in [0.05, 0.1) is 6.10 Å². The summed E-state index contributed by atoms with van der Waals surface area (Å²) in [7, 11) is 0. The van der Waals surface area contributed by atoms with E-state index in [9.17, 15) is 9.90 Å². The van der Waals surface area contributed by atoms with Gasteiger partial charge in [-0.25, -0.2) is 4.79 Å². The zero-order valence-electron chi connectivity index (χ0n) is 12.3. The Bertz CT molecular complexity index is 606. The molecule has 0 heterocycles. The van der Waals surface area contributed by atoms with Crippen molar-refractivity contribution < 1.29 is 9.90 Å². The molecular formula is C17H20N2O2. The Morgan fingerprint density at radius 2 is 1.90 bits per heavy atom. The fourth-order valence-electron chi connectivity index (χ4n) is 2.02. The normalized spacial score (nSPS) is 11.8. The van der Waals surface area contributed by atoms with Crippen LogP contribution in [0, 0.1) is 6.92 Å². The molecule has 1 unspecified atom stereocenters. The fourth-order valence-corrected chi connectivity index (χ4v) is 2.02. The van der Waals surface area contributed by atoms with Crippen LogP contribution < -0.4 is 10.6 Å². The van der Waals surface area contributed by atoms with E-state index in [1.54, 1.807) is 31.2 Å². The number of carbonyl (C=O) groups is 1. The average Bonchev–Trinajstić information content (AvgIpc) is 2.46. The molecule has 0 aliphatic carbocycles. The first-order chi connectivity index (χ1) is 10.0. The molecule has 21 heavy (non-hydrogen) atoms. The third-order valence-electron chi connectivity index (χ3n) is 3.19. The molecule has 2 amide bonds. The summed E-state index contributed by atoms with van der Waals surface area (Å²) in [5.41, 5.74) is 3.75. The molecule has 0 saturated heterocycles. The van der Waals surface area contributed by atoms with Crippen molar-refractivity contribution in [3.05, 3.63) is 65.2 Å². The largest absolute Gasteiger partial charge is 0.389 e. The van der Waals surface area contributed by atoms with Crippen LogP contribution in [0.5, 0.6) is 0 Å². The summed E-state index contributed by atoms with van der Waals surface area (Å²) in [6, 6.07) is 14.9. The van der Waals surface area contributed by atoms with E-state index in [1.165, 1.54) is 5.56 Å². The van der Waals surface area contributed by atoms with Crippen LogP contribution in [0.3, 0.4) is 0 Å². The number of amides is 2. The number of aliphatic hydroxyl groups excluding tert-OH is 1. The van der Waals surface area contributed by atoms with Crippen LogP contribution in [-0.2, 0) is 6.54 Å². The molecule has 4 heteroatoms. The Balaban J connectivity index is 1.87. The molecule has 0 aromatic heterocycles. The van der Waals surface area contributed by atoms with Gasteiger partial charge in [-0.05, 0) is 37.1 Å². The van der Waals surface area contributed by atoms with E-state index in [0.29, 0.717) is 12.2 Å². The number of rotatable bonds is 4. The molecule has 3 N–H and O–H groups in total. The van der Waals surface area contributed by atoms with Gasteiger partial charge in [-0.1, -0.05) is 42.0 Å². The third kappa shape index (κ3) is 4.61. The lowest BCUT2D eigenvalue weighted by Crippen LogP contribution is -2.28. The first-order valence-corrected chi connectivity index (χ1v) is 6.93. The number of anilines is 1. The number of hydrogen-bond acceptors (Lipinski definition) is 2. The Morgan fingerprint density at radius 1 is 1.19 bits per heavy atom. The summed E-state index contributed by atoms with van der Waals surface area (Å²) in [6.07, 6.45) is -0.505. The second-order valence-electron chi connectivity index (χ2n) is 5.09. The average molecular weight is 284 g/mol. The lowest BCUT2D eigenvalue weighted by molar-refractivity contribution is 0.199. The van der Waals surface area contributed by atoms with Crippen molar-refractivity contribution in [2.75, 3.05) is 5.32 Å². The van der Waals surface area contributed by atoms with E-state index in [4.69, 9.17) is 0 Å². The second-order valence-corrected chi connectivity index (χ2v) is 5.09. The highest BCUT2D eigenvalue weighted by atomic mass is 16.3. The molecular weight excluding hydrogens is 264 g/mol. The van der Waals surface area contributed by atoms with Gasteiger partial charge in [0.2, 0.25) is 0 Å². The molecule has 0 spiro atoms. The van der Waals surface area contributed by atoms with Gasteiger partial charge in [0, 0.05) is 12.2 Å². The van der Waals surface area contributed by atoms with E-state index in [1.807, 2.05) is 31.2 Å². The number of benzene rings is 2. The van der Waals surface area contributed by atoms with Crippen LogP contribution in [0.1, 0.15) is 29.7 Å². The van der Waals surface area contributed by atoms with Gasteiger partial charge < -0.3 is 15.7 Å². The number of hydrogen-bond donors (Lipinski definition) is 3. The Hall–Kier alpha value is -2.33. The van der Waals surface area contributed by atoms with Gasteiger partial charge in [0.15, 0.2) is 0 Å². The van der Waals surface area contributed by atoms with Gasteiger partial charge in [-0.15, -0.1) is 0 Å². The second kappa shape index (κ2) is 6.90.